The molecule has 0 spiro atoms. The van der Waals surface area contributed by atoms with E-state index in [9.17, 15) is 0 Å². The van der Waals surface area contributed by atoms with Gasteiger partial charge in [-0.25, -0.2) is 0 Å². The highest BCUT2D eigenvalue weighted by atomic mass is 35.5. The highest BCUT2D eigenvalue weighted by Gasteiger charge is 1.89. The number of nitrogens with two attached hydrogens (primary N) is 1. The summed E-state index contributed by atoms with van der Waals surface area (Å²) in [5, 5.41) is 0. The SMILES string of the molecule is NCCCCCCCCCCl. The molecule has 0 fully saturated rings. The second-order valence-electron chi connectivity index (χ2n) is 2.95. The molecule has 68 valence electrons. The van der Waals surface area contributed by atoms with E-state index in [-0.39, 0.29) is 0 Å². The third-order valence-electron chi connectivity index (χ3n) is 1.84. The fraction of sp³-hybridized carbons (Fsp3) is 1.00. The molecule has 0 unspecified atom stereocenters. The third-order valence-corrected chi connectivity index (χ3v) is 2.11. The van der Waals surface area contributed by atoms with Gasteiger partial charge in [0.2, 0.25) is 0 Å². The van der Waals surface area contributed by atoms with Crippen molar-refractivity contribution in [1.82, 2.24) is 0 Å². The van der Waals surface area contributed by atoms with Gasteiger partial charge in [-0.15, -0.1) is 11.6 Å². The Morgan fingerprint density at radius 1 is 0.727 bits per heavy atom. The normalized spacial score (nSPS) is 10.4. The van der Waals surface area contributed by atoms with Gasteiger partial charge in [-0.1, -0.05) is 32.1 Å². The van der Waals surface area contributed by atoms with E-state index in [1.807, 2.05) is 0 Å². The van der Waals surface area contributed by atoms with Crippen LogP contribution in [0.3, 0.4) is 0 Å². The van der Waals surface area contributed by atoms with Crippen LogP contribution in [0.1, 0.15) is 44.9 Å². The van der Waals surface area contributed by atoms with Gasteiger partial charge in [-0.2, -0.15) is 0 Å². The van der Waals surface area contributed by atoms with E-state index in [1.54, 1.807) is 0 Å². The van der Waals surface area contributed by atoms with Gasteiger partial charge in [0, 0.05) is 5.88 Å². The molecular weight excluding hydrogens is 158 g/mol. The first kappa shape index (κ1) is 11.2. The minimum Gasteiger partial charge on any atom is -0.330 e. The molecule has 0 aliphatic carbocycles. The highest BCUT2D eigenvalue weighted by Crippen LogP contribution is 2.06. The van der Waals surface area contributed by atoms with Crippen molar-refractivity contribution >= 4 is 11.6 Å². The summed E-state index contributed by atoms with van der Waals surface area (Å²) in [4.78, 5) is 0. The lowest BCUT2D eigenvalue weighted by Crippen LogP contribution is -1.97. The minimum atomic E-state index is 0.822. The van der Waals surface area contributed by atoms with Crippen LogP contribution < -0.4 is 5.73 Å². The van der Waals surface area contributed by atoms with E-state index >= 15 is 0 Å². The van der Waals surface area contributed by atoms with E-state index in [4.69, 9.17) is 17.3 Å². The summed E-state index contributed by atoms with van der Waals surface area (Å²) in [6, 6.07) is 0. The van der Waals surface area contributed by atoms with Crippen LogP contribution in [0.5, 0.6) is 0 Å². The molecule has 0 heterocycles. The Bertz CT molecular complexity index is 58.6. The zero-order valence-electron chi connectivity index (χ0n) is 7.32. The van der Waals surface area contributed by atoms with Crippen LogP contribution in [-0.4, -0.2) is 12.4 Å². The van der Waals surface area contributed by atoms with Crippen LogP contribution >= 0.6 is 11.6 Å². The monoisotopic (exact) mass is 177 g/mol. The van der Waals surface area contributed by atoms with Crippen molar-refractivity contribution in [2.45, 2.75) is 44.9 Å². The van der Waals surface area contributed by atoms with Gasteiger partial charge in [-0.3, -0.25) is 0 Å². The standard InChI is InChI=1S/C9H20ClN/c10-8-6-4-2-1-3-5-7-9-11/h1-9,11H2. The number of halogens is 1. The van der Waals surface area contributed by atoms with Gasteiger partial charge >= 0.3 is 0 Å². The Morgan fingerprint density at radius 2 is 1.18 bits per heavy atom. The summed E-state index contributed by atoms with van der Waals surface area (Å²) in [5.41, 5.74) is 5.37. The first-order valence-corrected chi connectivity index (χ1v) is 5.21. The number of hydrogen-bond acceptors (Lipinski definition) is 1. The van der Waals surface area contributed by atoms with Gasteiger partial charge in [0.1, 0.15) is 0 Å². The van der Waals surface area contributed by atoms with Crippen LogP contribution in [-0.2, 0) is 0 Å². The van der Waals surface area contributed by atoms with Crippen LogP contribution in [0, 0.1) is 0 Å². The van der Waals surface area contributed by atoms with Crippen molar-refractivity contribution < 1.29 is 0 Å². The Kier molecular flexibility index (Phi) is 10.5. The van der Waals surface area contributed by atoms with E-state index < -0.39 is 0 Å². The summed E-state index contributed by atoms with van der Waals surface area (Å²) in [7, 11) is 0. The second-order valence-corrected chi connectivity index (χ2v) is 3.33. The Hall–Kier alpha value is 0.250. The van der Waals surface area contributed by atoms with Gasteiger partial charge in [-0.05, 0) is 19.4 Å². The van der Waals surface area contributed by atoms with Crippen LogP contribution in [0.2, 0.25) is 0 Å². The maximum Gasteiger partial charge on any atom is 0.0223 e. The first-order valence-electron chi connectivity index (χ1n) is 4.68. The van der Waals surface area contributed by atoms with Crippen LogP contribution in [0.15, 0.2) is 0 Å². The van der Waals surface area contributed by atoms with Crippen molar-refractivity contribution in [1.29, 1.82) is 0 Å². The average molecular weight is 178 g/mol. The molecule has 0 aromatic rings. The molecule has 0 rings (SSSR count). The predicted octanol–water partition coefficient (Wildman–Crippen LogP) is 2.91. The molecule has 0 aliphatic rings. The van der Waals surface area contributed by atoms with Crippen molar-refractivity contribution in [2.75, 3.05) is 12.4 Å². The molecule has 0 saturated carbocycles. The van der Waals surface area contributed by atoms with E-state index in [0.717, 1.165) is 12.4 Å². The molecule has 0 atom stereocenters. The summed E-state index contributed by atoms with van der Waals surface area (Å²) in [5.74, 6) is 0.822. The van der Waals surface area contributed by atoms with Gasteiger partial charge in [0.25, 0.3) is 0 Å². The minimum absolute atomic E-state index is 0.822. The number of alkyl halides is 1. The lowest BCUT2D eigenvalue weighted by Gasteiger charge is -1.98. The van der Waals surface area contributed by atoms with Crippen molar-refractivity contribution in [2.24, 2.45) is 5.73 Å². The zero-order chi connectivity index (χ0) is 8.36. The fourth-order valence-corrected chi connectivity index (χ4v) is 1.31. The van der Waals surface area contributed by atoms with E-state index in [0.29, 0.717) is 0 Å². The fourth-order valence-electron chi connectivity index (χ4n) is 1.12. The van der Waals surface area contributed by atoms with E-state index in [2.05, 4.69) is 0 Å². The molecule has 0 saturated heterocycles. The number of hydrogen-bond donors (Lipinski definition) is 1. The number of rotatable bonds is 8. The van der Waals surface area contributed by atoms with E-state index in [1.165, 1.54) is 44.9 Å². The Labute approximate surface area is 75.3 Å². The van der Waals surface area contributed by atoms with Gasteiger partial charge < -0.3 is 5.73 Å². The smallest absolute Gasteiger partial charge is 0.0223 e. The van der Waals surface area contributed by atoms with Crippen molar-refractivity contribution in [3.05, 3.63) is 0 Å². The van der Waals surface area contributed by atoms with Crippen LogP contribution in [0.4, 0.5) is 0 Å². The molecule has 0 aromatic carbocycles. The second kappa shape index (κ2) is 10.2. The quantitative estimate of drug-likeness (QED) is 0.448. The molecule has 0 bridgehead atoms. The lowest BCUT2D eigenvalue weighted by molar-refractivity contribution is 0.594. The first-order chi connectivity index (χ1) is 5.41. The molecule has 0 aliphatic heterocycles. The highest BCUT2D eigenvalue weighted by molar-refractivity contribution is 6.17. The van der Waals surface area contributed by atoms with Crippen LogP contribution in [0.25, 0.3) is 0 Å². The molecule has 0 amide bonds. The maximum absolute atomic E-state index is 5.55. The van der Waals surface area contributed by atoms with Gasteiger partial charge in [0.15, 0.2) is 0 Å². The molecule has 2 N–H and O–H groups in total. The molecule has 2 heteroatoms. The molecule has 1 nitrogen and oxygen atoms in total. The largest absolute Gasteiger partial charge is 0.330 e. The Balaban J connectivity index is 2.69. The zero-order valence-corrected chi connectivity index (χ0v) is 8.08. The molecule has 11 heavy (non-hydrogen) atoms. The average Bonchev–Trinajstić information content (AvgIpc) is 2.03. The Morgan fingerprint density at radius 3 is 1.64 bits per heavy atom. The summed E-state index contributed by atoms with van der Waals surface area (Å²) < 4.78 is 0. The molecule has 0 radical (unpaired) electrons. The van der Waals surface area contributed by atoms with Crippen molar-refractivity contribution in [3.8, 4) is 0 Å². The summed E-state index contributed by atoms with van der Waals surface area (Å²) >= 11 is 5.55. The molecule has 0 aromatic heterocycles. The van der Waals surface area contributed by atoms with Gasteiger partial charge in [0.05, 0.1) is 0 Å². The molecular formula is C9H20ClN. The van der Waals surface area contributed by atoms with Crippen molar-refractivity contribution in [3.63, 3.8) is 0 Å². The lowest BCUT2D eigenvalue weighted by atomic mass is 10.1. The number of unbranched alkanes of at least 4 members (excludes halogenated alkanes) is 6. The maximum atomic E-state index is 5.55. The predicted molar refractivity (Wildman–Crippen MR) is 52.1 cm³/mol. The summed E-state index contributed by atoms with van der Waals surface area (Å²) in [6.45, 7) is 0.849. The summed E-state index contributed by atoms with van der Waals surface area (Å²) in [6.07, 6.45) is 9.02. The third kappa shape index (κ3) is 10.2. The topological polar surface area (TPSA) is 26.0 Å².